The number of benzene rings is 2. The molecule has 6 nitrogen and oxygen atoms in total. The fourth-order valence-corrected chi connectivity index (χ4v) is 2.42. The molecular formula is C17H14O6. The van der Waals surface area contributed by atoms with Crippen molar-refractivity contribution in [3.8, 4) is 34.3 Å². The summed E-state index contributed by atoms with van der Waals surface area (Å²) in [6.07, 6.45) is 0. The van der Waals surface area contributed by atoms with E-state index in [4.69, 9.17) is 9.15 Å². The molecule has 3 N–H and O–H groups in total. The van der Waals surface area contributed by atoms with Crippen molar-refractivity contribution in [1.82, 2.24) is 0 Å². The van der Waals surface area contributed by atoms with Crippen LogP contribution in [0.25, 0.3) is 22.3 Å². The van der Waals surface area contributed by atoms with Gasteiger partial charge in [0.15, 0.2) is 16.9 Å². The number of phenols is 3. The lowest BCUT2D eigenvalue weighted by molar-refractivity contribution is 0.346. The van der Waals surface area contributed by atoms with E-state index in [0.717, 1.165) is 0 Å². The Morgan fingerprint density at radius 2 is 1.78 bits per heavy atom. The first-order chi connectivity index (χ1) is 10.9. The molecule has 0 spiro atoms. The van der Waals surface area contributed by atoms with Gasteiger partial charge in [0.05, 0.1) is 7.11 Å². The molecule has 0 atom stereocenters. The van der Waals surface area contributed by atoms with Gasteiger partial charge in [-0.05, 0) is 30.7 Å². The second-order valence-electron chi connectivity index (χ2n) is 5.13. The van der Waals surface area contributed by atoms with Gasteiger partial charge in [0.1, 0.15) is 22.5 Å². The quantitative estimate of drug-likeness (QED) is 0.672. The van der Waals surface area contributed by atoms with Crippen LogP contribution in [-0.2, 0) is 0 Å². The van der Waals surface area contributed by atoms with E-state index in [-0.39, 0.29) is 34.0 Å². The third-order valence-corrected chi connectivity index (χ3v) is 3.61. The van der Waals surface area contributed by atoms with Gasteiger partial charge in [-0.2, -0.15) is 0 Å². The fourth-order valence-electron chi connectivity index (χ4n) is 2.42. The maximum Gasteiger partial charge on any atom is 0.203 e. The van der Waals surface area contributed by atoms with Crippen LogP contribution in [0.2, 0.25) is 0 Å². The summed E-state index contributed by atoms with van der Waals surface area (Å²) < 4.78 is 10.5. The number of aryl methyl sites for hydroxylation is 1. The van der Waals surface area contributed by atoms with Gasteiger partial charge in [-0.3, -0.25) is 4.79 Å². The molecule has 0 unspecified atom stereocenters. The van der Waals surface area contributed by atoms with Crippen molar-refractivity contribution in [2.24, 2.45) is 0 Å². The van der Waals surface area contributed by atoms with Gasteiger partial charge in [0.25, 0.3) is 0 Å². The summed E-state index contributed by atoms with van der Waals surface area (Å²) in [6.45, 7) is 1.72. The van der Waals surface area contributed by atoms with Crippen LogP contribution >= 0.6 is 0 Å². The van der Waals surface area contributed by atoms with E-state index >= 15 is 0 Å². The summed E-state index contributed by atoms with van der Waals surface area (Å²) >= 11 is 0. The number of rotatable bonds is 2. The highest BCUT2D eigenvalue weighted by Crippen LogP contribution is 2.41. The number of methoxy groups -OCH3 is 1. The molecule has 3 aromatic rings. The highest BCUT2D eigenvalue weighted by Gasteiger charge is 2.18. The Kier molecular flexibility index (Phi) is 3.37. The molecule has 0 saturated carbocycles. The lowest BCUT2D eigenvalue weighted by Crippen LogP contribution is -2.02. The molecule has 0 aliphatic rings. The predicted molar refractivity (Wildman–Crippen MR) is 84.2 cm³/mol. The van der Waals surface area contributed by atoms with E-state index in [1.165, 1.54) is 25.3 Å². The van der Waals surface area contributed by atoms with Gasteiger partial charge < -0.3 is 24.5 Å². The molecule has 0 fully saturated rings. The lowest BCUT2D eigenvalue weighted by Gasteiger charge is -2.10. The third-order valence-electron chi connectivity index (χ3n) is 3.61. The van der Waals surface area contributed by atoms with Crippen LogP contribution in [0.4, 0.5) is 0 Å². The molecule has 0 saturated heterocycles. The van der Waals surface area contributed by atoms with E-state index in [2.05, 4.69) is 0 Å². The topological polar surface area (TPSA) is 100 Å². The molecule has 6 heteroatoms. The van der Waals surface area contributed by atoms with Crippen molar-refractivity contribution < 1.29 is 24.5 Å². The molecule has 0 aliphatic carbocycles. The molecule has 1 aromatic heterocycles. The Morgan fingerprint density at radius 1 is 1.04 bits per heavy atom. The molecule has 2 aromatic carbocycles. The highest BCUT2D eigenvalue weighted by atomic mass is 16.5. The minimum atomic E-state index is -0.470. The third kappa shape index (κ3) is 2.34. The Hall–Kier alpha value is -3.15. The number of fused-ring (bicyclic) bond motifs is 1. The average molecular weight is 314 g/mol. The van der Waals surface area contributed by atoms with Crippen molar-refractivity contribution in [2.75, 3.05) is 7.11 Å². The first-order valence-electron chi connectivity index (χ1n) is 6.79. The summed E-state index contributed by atoms with van der Waals surface area (Å²) in [6, 6.07) is 7.23. The largest absolute Gasteiger partial charge is 0.508 e. The number of aromatic hydroxyl groups is 3. The Morgan fingerprint density at radius 3 is 2.43 bits per heavy atom. The maximum atomic E-state index is 12.3. The fraction of sp³-hybridized carbons (Fsp3) is 0.118. The Balaban J connectivity index is 2.30. The molecule has 118 valence electrons. The number of ether oxygens (including phenoxy) is 1. The second kappa shape index (κ2) is 5.24. The lowest BCUT2D eigenvalue weighted by atomic mass is 10.1. The van der Waals surface area contributed by atoms with E-state index in [1.807, 2.05) is 0 Å². The summed E-state index contributed by atoms with van der Waals surface area (Å²) in [5, 5.41) is 29.4. The van der Waals surface area contributed by atoms with Crippen LogP contribution in [0.15, 0.2) is 39.5 Å². The van der Waals surface area contributed by atoms with Crippen LogP contribution in [0, 0.1) is 6.92 Å². The van der Waals surface area contributed by atoms with Gasteiger partial charge in [-0.1, -0.05) is 0 Å². The molecule has 0 aliphatic heterocycles. The molecule has 0 amide bonds. The Bertz CT molecular complexity index is 971. The van der Waals surface area contributed by atoms with Crippen LogP contribution in [0.1, 0.15) is 5.56 Å². The first-order valence-corrected chi connectivity index (χ1v) is 6.79. The van der Waals surface area contributed by atoms with E-state index in [1.54, 1.807) is 19.1 Å². The highest BCUT2D eigenvalue weighted by molar-refractivity contribution is 5.89. The first kappa shape index (κ1) is 14.8. The van der Waals surface area contributed by atoms with E-state index in [0.29, 0.717) is 11.1 Å². The minimum Gasteiger partial charge on any atom is -0.508 e. The van der Waals surface area contributed by atoms with Crippen molar-refractivity contribution in [1.29, 1.82) is 0 Å². The van der Waals surface area contributed by atoms with E-state index in [9.17, 15) is 20.1 Å². The summed E-state index contributed by atoms with van der Waals surface area (Å²) in [7, 11) is 1.27. The predicted octanol–water partition coefficient (Wildman–Crippen LogP) is 2.89. The summed E-state index contributed by atoms with van der Waals surface area (Å²) in [5.41, 5.74) is 0.788. The molecule has 0 bridgehead atoms. The number of hydrogen-bond donors (Lipinski definition) is 3. The van der Waals surface area contributed by atoms with Crippen LogP contribution in [0.3, 0.4) is 0 Å². The van der Waals surface area contributed by atoms with Gasteiger partial charge >= 0.3 is 0 Å². The standard InChI is InChI=1S/C17H14O6/c1-8-5-9(3-4-10(8)18)13-6-11(19)15-14(23-13)7-12(20)17(22-2)16(15)21/h3-7,18,20-21H,1-2H3. The second-order valence-corrected chi connectivity index (χ2v) is 5.13. The molecular weight excluding hydrogens is 300 g/mol. The number of phenolic OH excluding ortho intramolecular Hbond substituents is 3. The van der Waals surface area contributed by atoms with Gasteiger partial charge in [0.2, 0.25) is 5.75 Å². The minimum absolute atomic E-state index is 0.0361. The summed E-state index contributed by atoms with van der Waals surface area (Å²) in [4.78, 5) is 12.3. The SMILES string of the molecule is COc1c(O)cc2oc(-c3ccc(O)c(C)c3)cc(=O)c2c1O. The van der Waals surface area contributed by atoms with Gasteiger partial charge in [-0.15, -0.1) is 0 Å². The zero-order chi connectivity index (χ0) is 16.7. The van der Waals surface area contributed by atoms with Gasteiger partial charge in [0, 0.05) is 17.7 Å². The van der Waals surface area contributed by atoms with Crippen molar-refractivity contribution in [2.45, 2.75) is 6.92 Å². The maximum absolute atomic E-state index is 12.3. The van der Waals surface area contributed by atoms with Crippen LogP contribution < -0.4 is 10.2 Å². The molecule has 0 radical (unpaired) electrons. The molecule has 23 heavy (non-hydrogen) atoms. The zero-order valence-corrected chi connectivity index (χ0v) is 12.5. The normalized spacial score (nSPS) is 10.9. The van der Waals surface area contributed by atoms with Crippen LogP contribution in [0.5, 0.6) is 23.0 Å². The van der Waals surface area contributed by atoms with Crippen molar-refractivity contribution in [3.05, 3.63) is 46.1 Å². The average Bonchev–Trinajstić information content (AvgIpc) is 2.49. The van der Waals surface area contributed by atoms with Gasteiger partial charge in [-0.25, -0.2) is 0 Å². The van der Waals surface area contributed by atoms with Crippen LogP contribution in [-0.4, -0.2) is 22.4 Å². The zero-order valence-electron chi connectivity index (χ0n) is 12.5. The summed E-state index contributed by atoms with van der Waals surface area (Å²) in [5.74, 6) is -0.589. The molecule has 3 rings (SSSR count). The van der Waals surface area contributed by atoms with Crippen molar-refractivity contribution in [3.63, 3.8) is 0 Å². The van der Waals surface area contributed by atoms with Crippen molar-refractivity contribution >= 4 is 11.0 Å². The number of hydrogen-bond acceptors (Lipinski definition) is 6. The Labute approximate surface area is 130 Å². The monoisotopic (exact) mass is 314 g/mol. The molecule has 1 heterocycles. The van der Waals surface area contributed by atoms with E-state index < -0.39 is 11.2 Å². The smallest absolute Gasteiger partial charge is 0.203 e.